The number of aliphatic imine (C=N–C) groups is 1. The van der Waals surface area contributed by atoms with Crippen LogP contribution in [0.15, 0.2) is 27.7 Å². The molecule has 0 amide bonds. The Kier molecular flexibility index (Phi) is 11.7. The van der Waals surface area contributed by atoms with E-state index in [2.05, 4.69) is 43.4 Å². The lowest BCUT2D eigenvalue weighted by Gasteiger charge is -2.17. The van der Waals surface area contributed by atoms with Crippen molar-refractivity contribution >= 4 is 45.9 Å². The normalized spacial score (nSPS) is 17.8. The second kappa shape index (κ2) is 12.9. The maximum Gasteiger partial charge on any atom is 0.190 e. The number of aryl methyl sites for hydroxylation is 1. The van der Waals surface area contributed by atoms with Gasteiger partial charge in [0.1, 0.15) is 5.82 Å². The van der Waals surface area contributed by atoms with Crippen molar-refractivity contribution in [2.75, 3.05) is 39.8 Å². The van der Waals surface area contributed by atoms with Crippen LogP contribution < -0.4 is 10.6 Å². The molecule has 1 aromatic carbocycles. The fourth-order valence-electron chi connectivity index (χ4n) is 3.27. The number of nitrogens with zero attached hydrogens (tertiary/aromatic N) is 2. The molecule has 1 aliphatic heterocycles. The molecule has 2 N–H and O–H groups in total. The summed E-state index contributed by atoms with van der Waals surface area (Å²) in [5.41, 5.74) is 0.759. The van der Waals surface area contributed by atoms with E-state index in [4.69, 9.17) is 0 Å². The zero-order valence-electron chi connectivity index (χ0n) is 15.7. The van der Waals surface area contributed by atoms with Gasteiger partial charge in [-0.05, 0) is 62.4 Å². The highest BCUT2D eigenvalue weighted by Gasteiger charge is 2.21. The van der Waals surface area contributed by atoms with Crippen molar-refractivity contribution in [2.24, 2.45) is 10.9 Å². The summed E-state index contributed by atoms with van der Waals surface area (Å²) in [6.07, 6.45) is 4.07. The van der Waals surface area contributed by atoms with E-state index < -0.39 is 0 Å². The monoisotopic (exact) mass is 540 g/mol. The first-order chi connectivity index (χ1) is 12.1. The molecule has 0 aliphatic carbocycles. The number of nitrogens with one attached hydrogen (secondary N) is 2. The molecule has 1 atom stereocenters. The Bertz CT molecular complexity index is 570. The molecule has 0 radical (unpaired) electrons. The van der Waals surface area contributed by atoms with E-state index in [-0.39, 0.29) is 29.8 Å². The van der Waals surface area contributed by atoms with Gasteiger partial charge >= 0.3 is 0 Å². The molecular formula is C19H31BrFIN4. The van der Waals surface area contributed by atoms with Crippen molar-refractivity contribution < 1.29 is 4.39 Å². The minimum atomic E-state index is -0.144. The van der Waals surface area contributed by atoms with Gasteiger partial charge in [0.25, 0.3) is 0 Å². The van der Waals surface area contributed by atoms with Gasteiger partial charge in [-0.3, -0.25) is 4.99 Å². The van der Waals surface area contributed by atoms with E-state index in [1.54, 1.807) is 7.05 Å². The molecule has 2 rings (SSSR count). The third-order valence-electron chi connectivity index (χ3n) is 4.62. The predicted octanol–water partition coefficient (Wildman–Crippen LogP) is 4.04. The fraction of sp³-hybridized carbons (Fsp3) is 0.632. The Morgan fingerprint density at radius 2 is 2.19 bits per heavy atom. The molecule has 4 nitrogen and oxygen atoms in total. The van der Waals surface area contributed by atoms with E-state index in [0.29, 0.717) is 5.92 Å². The SMILES string of the molecule is CCCN1CCC(CNC(=NC)NCCCc2ccc(Br)cc2F)C1.I. The highest BCUT2D eigenvalue weighted by atomic mass is 127. The number of hydrogen-bond donors (Lipinski definition) is 2. The number of halogens is 3. The number of guanidine groups is 1. The Morgan fingerprint density at radius 1 is 1.38 bits per heavy atom. The zero-order chi connectivity index (χ0) is 18.1. The van der Waals surface area contributed by atoms with E-state index in [9.17, 15) is 4.39 Å². The van der Waals surface area contributed by atoms with Crippen LogP contribution in [0.5, 0.6) is 0 Å². The third kappa shape index (κ3) is 8.08. The number of likely N-dealkylation sites (tertiary alicyclic amines) is 1. The number of rotatable bonds is 8. The average Bonchev–Trinajstić information content (AvgIpc) is 3.04. The van der Waals surface area contributed by atoms with Crippen molar-refractivity contribution in [1.82, 2.24) is 15.5 Å². The van der Waals surface area contributed by atoms with Crippen molar-refractivity contribution in [3.63, 3.8) is 0 Å². The summed E-state index contributed by atoms with van der Waals surface area (Å²) in [6.45, 7) is 7.57. The molecule has 0 saturated carbocycles. The minimum Gasteiger partial charge on any atom is -0.356 e. The first-order valence-electron chi connectivity index (χ1n) is 9.23. The van der Waals surface area contributed by atoms with Crippen LogP contribution in [0, 0.1) is 11.7 Å². The van der Waals surface area contributed by atoms with Gasteiger partial charge in [-0.15, -0.1) is 24.0 Å². The van der Waals surface area contributed by atoms with Crippen LogP contribution in [0.3, 0.4) is 0 Å². The molecule has 1 fully saturated rings. The summed E-state index contributed by atoms with van der Waals surface area (Å²) in [5, 5.41) is 6.75. The van der Waals surface area contributed by atoms with Crippen LogP contribution in [-0.2, 0) is 6.42 Å². The lowest BCUT2D eigenvalue weighted by Crippen LogP contribution is -2.40. The molecule has 1 aromatic rings. The van der Waals surface area contributed by atoms with Gasteiger partial charge in [-0.1, -0.05) is 28.9 Å². The van der Waals surface area contributed by atoms with Crippen molar-refractivity contribution in [2.45, 2.75) is 32.6 Å². The Morgan fingerprint density at radius 3 is 2.88 bits per heavy atom. The lowest BCUT2D eigenvalue weighted by atomic mass is 10.1. The first-order valence-corrected chi connectivity index (χ1v) is 10.0. The van der Waals surface area contributed by atoms with E-state index >= 15 is 0 Å². The Labute approximate surface area is 182 Å². The molecule has 0 bridgehead atoms. The molecule has 1 unspecified atom stereocenters. The average molecular weight is 541 g/mol. The van der Waals surface area contributed by atoms with Crippen molar-refractivity contribution in [3.8, 4) is 0 Å². The first kappa shape index (κ1) is 23.6. The molecule has 1 aliphatic rings. The highest BCUT2D eigenvalue weighted by molar-refractivity contribution is 14.0. The van der Waals surface area contributed by atoms with Crippen molar-refractivity contribution in [1.29, 1.82) is 0 Å². The van der Waals surface area contributed by atoms with Crippen LogP contribution in [0.2, 0.25) is 0 Å². The van der Waals surface area contributed by atoms with E-state index in [1.807, 2.05) is 12.1 Å². The van der Waals surface area contributed by atoms with E-state index in [0.717, 1.165) is 41.9 Å². The summed E-state index contributed by atoms with van der Waals surface area (Å²) in [4.78, 5) is 6.82. The van der Waals surface area contributed by atoms with Crippen LogP contribution >= 0.6 is 39.9 Å². The summed E-state index contributed by atoms with van der Waals surface area (Å²) < 4.78 is 14.6. The van der Waals surface area contributed by atoms with E-state index in [1.165, 1.54) is 38.5 Å². The largest absolute Gasteiger partial charge is 0.356 e. The van der Waals surface area contributed by atoms with Gasteiger partial charge in [0, 0.05) is 31.2 Å². The minimum absolute atomic E-state index is 0. The molecular weight excluding hydrogens is 510 g/mol. The predicted molar refractivity (Wildman–Crippen MR) is 122 cm³/mol. The fourth-order valence-corrected chi connectivity index (χ4v) is 3.60. The topological polar surface area (TPSA) is 39.7 Å². The summed E-state index contributed by atoms with van der Waals surface area (Å²) >= 11 is 3.28. The number of benzene rings is 1. The molecule has 26 heavy (non-hydrogen) atoms. The number of hydrogen-bond acceptors (Lipinski definition) is 2. The quantitative estimate of drug-likeness (QED) is 0.226. The lowest BCUT2D eigenvalue weighted by molar-refractivity contribution is 0.324. The van der Waals surface area contributed by atoms with Gasteiger partial charge in [-0.2, -0.15) is 0 Å². The van der Waals surface area contributed by atoms with Crippen LogP contribution in [-0.4, -0.2) is 50.6 Å². The molecule has 7 heteroatoms. The summed E-state index contributed by atoms with van der Waals surface area (Å²) in [6, 6.07) is 5.25. The second-order valence-electron chi connectivity index (χ2n) is 6.67. The maximum atomic E-state index is 13.8. The van der Waals surface area contributed by atoms with Gasteiger partial charge in [-0.25, -0.2) is 4.39 Å². The second-order valence-corrected chi connectivity index (χ2v) is 7.59. The maximum absolute atomic E-state index is 13.8. The Hall–Kier alpha value is -0.410. The molecule has 0 aromatic heterocycles. The molecule has 148 valence electrons. The van der Waals surface area contributed by atoms with Gasteiger partial charge in [0.05, 0.1) is 0 Å². The van der Waals surface area contributed by atoms with Gasteiger partial charge < -0.3 is 15.5 Å². The van der Waals surface area contributed by atoms with Gasteiger partial charge in [0.2, 0.25) is 0 Å². The summed E-state index contributed by atoms with van der Waals surface area (Å²) in [7, 11) is 1.79. The standard InChI is InChI=1S/C19H30BrFN4.HI/c1-3-10-25-11-8-15(14-25)13-24-19(22-2)23-9-4-5-16-6-7-17(20)12-18(16)21;/h6-7,12,15H,3-5,8-11,13-14H2,1-2H3,(H2,22,23,24);1H. The van der Waals surface area contributed by atoms with Crippen LogP contribution in [0.4, 0.5) is 4.39 Å². The smallest absolute Gasteiger partial charge is 0.190 e. The molecule has 0 spiro atoms. The summed E-state index contributed by atoms with van der Waals surface area (Å²) in [5.74, 6) is 1.39. The van der Waals surface area contributed by atoms with Crippen LogP contribution in [0.25, 0.3) is 0 Å². The molecule has 1 heterocycles. The van der Waals surface area contributed by atoms with Crippen molar-refractivity contribution in [3.05, 3.63) is 34.1 Å². The Balaban J connectivity index is 0.00000338. The highest BCUT2D eigenvalue weighted by Crippen LogP contribution is 2.16. The zero-order valence-corrected chi connectivity index (χ0v) is 19.6. The van der Waals surface area contributed by atoms with Gasteiger partial charge in [0.15, 0.2) is 5.96 Å². The third-order valence-corrected chi connectivity index (χ3v) is 5.12. The molecule has 1 saturated heterocycles. The van der Waals surface area contributed by atoms with Crippen LogP contribution in [0.1, 0.15) is 31.7 Å².